The van der Waals surface area contributed by atoms with Crippen molar-refractivity contribution in [1.82, 2.24) is 4.98 Å². The summed E-state index contributed by atoms with van der Waals surface area (Å²) in [6, 6.07) is 8.27. The third kappa shape index (κ3) is 3.43. The lowest BCUT2D eigenvalue weighted by atomic mass is 10.1. The monoisotopic (exact) mass is 356 g/mol. The molecule has 1 aliphatic carbocycles. The molecule has 3 heterocycles. The Morgan fingerprint density at radius 1 is 1.24 bits per heavy atom. The molecule has 1 saturated heterocycles. The quantitative estimate of drug-likeness (QED) is 0.736. The Hall–Kier alpha value is -1.88. The molecule has 4 rings (SSSR count). The minimum absolute atomic E-state index is 0.226. The van der Waals surface area contributed by atoms with Crippen molar-refractivity contribution in [2.45, 2.75) is 33.1 Å². The molecule has 4 nitrogen and oxygen atoms in total. The van der Waals surface area contributed by atoms with E-state index in [2.05, 4.69) is 24.0 Å². The number of aryl methyl sites for hydroxylation is 1. The lowest BCUT2D eigenvalue weighted by Gasteiger charge is -2.20. The van der Waals surface area contributed by atoms with Gasteiger partial charge < -0.3 is 9.64 Å². The van der Waals surface area contributed by atoms with Crippen molar-refractivity contribution in [3.05, 3.63) is 45.3 Å². The first-order chi connectivity index (χ1) is 12.2. The highest BCUT2D eigenvalue weighted by atomic mass is 32.1. The Balaban J connectivity index is 1.49. The molecule has 132 valence electrons. The van der Waals surface area contributed by atoms with Crippen molar-refractivity contribution >= 4 is 23.1 Å². The number of carbonyl (C=O) groups excluding carboxylic acids is 1. The predicted molar refractivity (Wildman–Crippen MR) is 101 cm³/mol. The van der Waals surface area contributed by atoms with E-state index in [1.54, 1.807) is 0 Å². The van der Waals surface area contributed by atoms with Gasteiger partial charge in [0.25, 0.3) is 0 Å². The molecule has 2 fully saturated rings. The molecule has 25 heavy (non-hydrogen) atoms. The van der Waals surface area contributed by atoms with Gasteiger partial charge in [0.05, 0.1) is 6.61 Å². The fourth-order valence-electron chi connectivity index (χ4n) is 3.72. The minimum atomic E-state index is -0.226. The molecule has 0 bridgehead atoms. The van der Waals surface area contributed by atoms with Gasteiger partial charge in [-0.2, -0.15) is 0 Å². The minimum Gasteiger partial charge on any atom is -0.462 e. The number of thiophene rings is 1. The molecule has 0 aromatic carbocycles. The summed E-state index contributed by atoms with van der Waals surface area (Å²) in [6.07, 6.45) is 3.17. The average Bonchev–Trinajstić information content (AvgIpc) is 3.02. The number of carbonyl (C=O) groups is 1. The lowest BCUT2D eigenvalue weighted by molar-refractivity contribution is 0.0532. The number of fused-ring (bicyclic) bond motifs is 1. The zero-order valence-electron chi connectivity index (χ0n) is 14.8. The zero-order chi connectivity index (χ0) is 17.4. The zero-order valence-corrected chi connectivity index (χ0v) is 15.6. The van der Waals surface area contributed by atoms with E-state index in [9.17, 15) is 4.79 Å². The Labute approximate surface area is 152 Å². The van der Waals surface area contributed by atoms with Gasteiger partial charge in [0.1, 0.15) is 10.7 Å². The van der Waals surface area contributed by atoms with Gasteiger partial charge in [-0.15, -0.1) is 11.3 Å². The van der Waals surface area contributed by atoms with E-state index in [-0.39, 0.29) is 5.97 Å². The van der Waals surface area contributed by atoms with Gasteiger partial charge in [0, 0.05) is 30.1 Å². The summed E-state index contributed by atoms with van der Waals surface area (Å²) in [5.74, 6) is 2.74. The second kappa shape index (κ2) is 6.79. The largest absolute Gasteiger partial charge is 0.462 e. The van der Waals surface area contributed by atoms with E-state index in [1.165, 1.54) is 47.0 Å². The van der Waals surface area contributed by atoms with Crippen molar-refractivity contribution in [2.24, 2.45) is 11.8 Å². The topological polar surface area (TPSA) is 42.4 Å². The van der Waals surface area contributed by atoms with Crippen LogP contribution in [0.15, 0.2) is 24.3 Å². The molecule has 2 aliphatic rings. The normalized spacial score (nSPS) is 21.3. The average molecular weight is 356 g/mol. The fourth-order valence-corrected chi connectivity index (χ4v) is 4.64. The number of piperidine rings is 1. The predicted octanol–water partition coefficient (Wildman–Crippen LogP) is 3.93. The van der Waals surface area contributed by atoms with Crippen molar-refractivity contribution in [2.75, 3.05) is 24.6 Å². The second-order valence-electron chi connectivity index (χ2n) is 6.95. The van der Waals surface area contributed by atoms with E-state index in [4.69, 9.17) is 9.72 Å². The third-order valence-electron chi connectivity index (χ3n) is 5.19. The maximum Gasteiger partial charge on any atom is 0.348 e. The summed E-state index contributed by atoms with van der Waals surface area (Å²) in [6.45, 7) is 6.75. The van der Waals surface area contributed by atoms with Crippen LogP contribution in [-0.2, 0) is 17.6 Å². The van der Waals surface area contributed by atoms with Crippen LogP contribution in [0.5, 0.6) is 0 Å². The first-order valence-electron chi connectivity index (χ1n) is 9.17. The number of pyridine rings is 1. The molecule has 2 aromatic rings. The molecule has 0 N–H and O–H groups in total. The van der Waals surface area contributed by atoms with Crippen LogP contribution in [-0.4, -0.2) is 30.6 Å². The number of anilines is 1. The first-order valence-corrected chi connectivity index (χ1v) is 9.99. The van der Waals surface area contributed by atoms with Crippen LogP contribution in [0.3, 0.4) is 0 Å². The summed E-state index contributed by atoms with van der Waals surface area (Å²) in [5.41, 5.74) is 2.43. The summed E-state index contributed by atoms with van der Waals surface area (Å²) < 4.78 is 5.07. The number of rotatable bonds is 6. The number of hydrogen-bond donors (Lipinski definition) is 0. The van der Waals surface area contributed by atoms with Gasteiger partial charge in [-0.1, -0.05) is 13.0 Å². The van der Waals surface area contributed by atoms with Crippen molar-refractivity contribution in [3.63, 3.8) is 0 Å². The maximum atomic E-state index is 11.8. The SMILES string of the molecule is CCOC(=O)c1ccc(Cc2ccc(N3CC4CC4C3)nc2CC)s1. The smallest absolute Gasteiger partial charge is 0.348 e. The lowest BCUT2D eigenvalue weighted by Crippen LogP contribution is -2.23. The van der Waals surface area contributed by atoms with Crippen LogP contribution < -0.4 is 4.90 Å². The molecule has 0 radical (unpaired) electrons. The third-order valence-corrected chi connectivity index (χ3v) is 6.26. The van der Waals surface area contributed by atoms with Gasteiger partial charge >= 0.3 is 5.97 Å². The van der Waals surface area contributed by atoms with E-state index >= 15 is 0 Å². The van der Waals surface area contributed by atoms with Gasteiger partial charge in [0.15, 0.2) is 0 Å². The summed E-state index contributed by atoms with van der Waals surface area (Å²) >= 11 is 1.52. The number of aromatic nitrogens is 1. The van der Waals surface area contributed by atoms with Crippen molar-refractivity contribution in [3.8, 4) is 0 Å². The van der Waals surface area contributed by atoms with Crippen LogP contribution >= 0.6 is 11.3 Å². The number of nitrogens with zero attached hydrogens (tertiary/aromatic N) is 2. The van der Waals surface area contributed by atoms with E-state index in [1.807, 2.05) is 19.1 Å². The first kappa shape index (κ1) is 16.6. The fraction of sp³-hybridized carbons (Fsp3) is 0.500. The number of hydrogen-bond acceptors (Lipinski definition) is 5. The molecule has 2 unspecified atom stereocenters. The standard InChI is InChI=1S/C20H24N2O2S/c1-3-17-13(10-16-6-7-18(25-16)20(23)24-4-2)5-8-19(21-17)22-11-14-9-15(14)12-22/h5-8,14-15H,3-4,9-12H2,1-2H3. The van der Waals surface area contributed by atoms with Crippen LogP contribution in [0.1, 0.15) is 46.1 Å². The Morgan fingerprint density at radius 2 is 2.04 bits per heavy atom. The number of esters is 1. The summed E-state index contributed by atoms with van der Waals surface area (Å²) in [7, 11) is 0. The van der Waals surface area contributed by atoms with Crippen molar-refractivity contribution in [1.29, 1.82) is 0 Å². The van der Waals surface area contributed by atoms with Crippen LogP contribution in [0, 0.1) is 11.8 Å². The van der Waals surface area contributed by atoms with Gasteiger partial charge in [-0.25, -0.2) is 9.78 Å². The van der Waals surface area contributed by atoms with Crippen LogP contribution in [0.2, 0.25) is 0 Å². The van der Waals surface area contributed by atoms with Crippen LogP contribution in [0.4, 0.5) is 5.82 Å². The molecule has 0 amide bonds. The van der Waals surface area contributed by atoms with Crippen LogP contribution in [0.25, 0.3) is 0 Å². The molecule has 5 heteroatoms. The second-order valence-corrected chi connectivity index (χ2v) is 8.12. The maximum absolute atomic E-state index is 11.8. The highest BCUT2D eigenvalue weighted by Crippen LogP contribution is 2.46. The molecule has 1 saturated carbocycles. The molecule has 0 spiro atoms. The Kier molecular flexibility index (Phi) is 4.50. The molecular formula is C20H24N2O2S. The summed E-state index contributed by atoms with van der Waals surface area (Å²) in [4.78, 5) is 21.0. The van der Waals surface area contributed by atoms with Crippen molar-refractivity contribution < 1.29 is 9.53 Å². The molecule has 2 atom stereocenters. The van der Waals surface area contributed by atoms with Gasteiger partial charge in [-0.05, 0) is 55.4 Å². The molecular weight excluding hydrogens is 332 g/mol. The summed E-state index contributed by atoms with van der Waals surface area (Å²) in [5, 5.41) is 0. The van der Waals surface area contributed by atoms with E-state index in [0.717, 1.165) is 30.5 Å². The van der Waals surface area contributed by atoms with E-state index in [0.29, 0.717) is 11.5 Å². The Morgan fingerprint density at radius 3 is 2.76 bits per heavy atom. The van der Waals surface area contributed by atoms with Gasteiger partial charge in [-0.3, -0.25) is 0 Å². The molecule has 2 aromatic heterocycles. The van der Waals surface area contributed by atoms with Gasteiger partial charge in [0.2, 0.25) is 0 Å². The highest BCUT2D eigenvalue weighted by Gasteiger charge is 2.45. The highest BCUT2D eigenvalue weighted by molar-refractivity contribution is 7.13. The Bertz CT molecular complexity index is 776. The number of ether oxygens (including phenoxy) is 1. The van der Waals surface area contributed by atoms with E-state index < -0.39 is 0 Å². The molecule has 1 aliphatic heterocycles.